The molecule has 18 heavy (non-hydrogen) atoms. The van der Waals surface area contributed by atoms with Crippen LogP contribution in [0.1, 0.15) is 38.7 Å². The lowest BCUT2D eigenvalue weighted by Gasteiger charge is -2.11. The van der Waals surface area contributed by atoms with Gasteiger partial charge in [-0.15, -0.1) is 12.3 Å². The van der Waals surface area contributed by atoms with Crippen LogP contribution in [0.3, 0.4) is 0 Å². The fourth-order valence-corrected chi connectivity index (χ4v) is 1.58. The predicted molar refractivity (Wildman–Crippen MR) is 76.6 cm³/mol. The molecule has 0 aliphatic heterocycles. The van der Waals surface area contributed by atoms with Gasteiger partial charge in [0.2, 0.25) is 0 Å². The summed E-state index contributed by atoms with van der Waals surface area (Å²) in [6, 6.07) is 8.60. The molecule has 98 valence electrons. The van der Waals surface area contributed by atoms with E-state index in [2.05, 4.69) is 37.2 Å². The molecule has 0 aromatic heterocycles. The number of terminal acetylenes is 1. The molecule has 0 radical (unpaired) electrons. The summed E-state index contributed by atoms with van der Waals surface area (Å²) < 4.78 is 5.62. The standard InChI is InChI=1S/C16H23NO/c1-4-6-12-18-16-10-8-15(9-11-16)13-17-14(3)7-5-2/h2,8-11,14,17H,4,6-7,12-13H2,1,3H3. The lowest BCUT2D eigenvalue weighted by atomic mass is 10.2. The highest BCUT2D eigenvalue weighted by Crippen LogP contribution is 2.12. The second-order valence-corrected chi connectivity index (χ2v) is 4.54. The quantitative estimate of drug-likeness (QED) is 0.560. The molecule has 0 spiro atoms. The molecule has 2 heteroatoms. The van der Waals surface area contributed by atoms with Crippen LogP contribution in [-0.2, 0) is 6.54 Å². The highest BCUT2D eigenvalue weighted by molar-refractivity contribution is 5.27. The van der Waals surface area contributed by atoms with Crippen LogP contribution in [0.4, 0.5) is 0 Å². The Balaban J connectivity index is 2.34. The Labute approximate surface area is 111 Å². The maximum absolute atomic E-state index is 5.62. The second kappa shape index (κ2) is 8.60. The van der Waals surface area contributed by atoms with Crippen LogP contribution < -0.4 is 10.1 Å². The van der Waals surface area contributed by atoms with Crippen LogP contribution >= 0.6 is 0 Å². The number of nitrogens with one attached hydrogen (secondary N) is 1. The molecule has 0 saturated heterocycles. The van der Waals surface area contributed by atoms with E-state index in [1.807, 2.05) is 12.1 Å². The van der Waals surface area contributed by atoms with Gasteiger partial charge in [-0.1, -0.05) is 25.5 Å². The minimum Gasteiger partial charge on any atom is -0.494 e. The van der Waals surface area contributed by atoms with E-state index in [9.17, 15) is 0 Å². The number of benzene rings is 1. The minimum absolute atomic E-state index is 0.357. The minimum atomic E-state index is 0.357. The van der Waals surface area contributed by atoms with E-state index in [1.165, 1.54) is 5.56 Å². The van der Waals surface area contributed by atoms with Crippen molar-refractivity contribution in [2.75, 3.05) is 6.61 Å². The van der Waals surface area contributed by atoms with Crippen molar-refractivity contribution in [3.05, 3.63) is 29.8 Å². The highest BCUT2D eigenvalue weighted by atomic mass is 16.5. The summed E-state index contributed by atoms with van der Waals surface area (Å²) in [4.78, 5) is 0. The fraction of sp³-hybridized carbons (Fsp3) is 0.500. The smallest absolute Gasteiger partial charge is 0.119 e. The average Bonchev–Trinajstić information content (AvgIpc) is 2.38. The van der Waals surface area contributed by atoms with Crippen LogP contribution in [0.5, 0.6) is 5.75 Å². The third kappa shape index (κ3) is 5.75. The molecular formula is C16H23NO. The molecule has 0 bridgehead atoms. The van der Waals surface area contributed by atoms with Gasteiger partial charge in [-0.3, -0.25) is 0 Å². The third-order valence-corrected chi connectivity index (χ3v) is 2.77. The Morgan fingerprint density at radius 2 is 2.06 bits per heavy atom. The monoisotopic (exact) mass is 245 g/mol. The summed E-state index contributed by atoms with van der Waals surface area (Å²) in [5.74, 6) is 3.61. The molecule has 0 amide bonds. The van der Waals surface area contributed by atoms with Crippen molar-refractivity contribution >= 4 is 0 Å². The Morgan fingerprint density at radius 3 is 2.67 bits per heavy atom. The zero-order chi connectivity index (χ0) is 13.2. The second-order valence-electron chi connectivity index (χ2n) is 4.54. The van der Waals surface area contributed by atoms with Crippen LogP contribution in [0.25, 0.3) is 0 Å². The number of ether oxygens (including phenoxy) is 1. The molecule has 0 aliphatic carbocycles. The fourth-order valence-electron chi connectivity index (χ4n) is 1.58. The predicted octanol–water partition coefficient (Wildman–Crippen LogP) is 3.37. The van der Waals surface area contributed by atoms with Gasteiger partial charge in [-0.25, -0.2) is 0 Å². The topological polar surface area (TPSA) is 21.3 Å². The normalized spacial score (nSPS) is 11.8. The molecule has 1 unspecified atom stereocenters. The van der Waals surface area contributed by atoms with Gasteiger partial charge in [0.1, 0.15) is 5.75 Å². The van der Waals surface area contributed by atoms with Crippen LogP contribution in [0.15, 0.2) is 24.3 Å². The van der Waals surface area contributed by atoms with Crippen molar-refractivity contribution in [3.8, 4) is 18.1 Å². The van der Waals surface area contributed by atoms with E-state index >= 15 is 0 Å². The number of hydrogen-bond donors (Lipinski definition) is 1. The van der Waals surface area contributed by atoms with E-state index in [0.29, 0.717) is 6.04 Å². The van der Waals surface area contributed by atoms with Crippen molar-refractivity contribution in [3.63, 3.8) is 0 Å². The Hall–Kier alpha value is -1.46. The Morgan fingerprint density at radius 1 is 1.33 bits per heavy atom. The van der Waals surface area contributed by atoms with Crippen molar-refractivity contribution < 1.29 is 4.74 Å². The maximum Gasteiger partial charge on any atom is 0.119 e. The summed E-state index contributed by atoms with van der Waals surface area (Å²) in [6.45, 7) is 5.91. The van der Waals surface area contributed by atoms with Gasteiger partial charge in [-0.2, -0.15) is 0 Å². The first kappa shape index (κ1) is 14.6. The zero-order valence-corrected chi connectivity index (χ0v) is 11.4. The van der Waals surface area contributed by atoms with Crippen molar-refractivity contribution in [1.29, 1.82) is 0 Å². The number of unbranched alkanes of at least 4 members (excludes halogenated alkanes) is 1. The molecule has 1 atom stereocenters. The number of rotatable bonds is 8. The third-order valence-electron chi connectivity index (χ3n) is 2.77. The molecule has 1 rings (SSSR count). The van der Waals surface area contributed by atoms with Crippen LogP contribution in [0.2, 0.25) is 0 Å². The van der Waals surface area contributed by atoms with E-state index in [1.54, 1.807) is 0 Å². The zero-order valence-electron chi connectivity index (χ0n) is 11.4. The highest BCUT2D eigenvalue weighted by Gasteiger charge is 2.00. The maximum atomic E-state index is 5.62. The summed E-state index contributed by atoms with van der Waals surface area (Å²) in [5.41, 5.74) is 1.25. The molecule has 2 nitrogen and oxygen atoms in total. The molecule has 0 heterocycles. The van der Waals surface area contributed by atoms with Crippen molar-refractivity contribution in [2.45, 2.75) is 45.7 Å². The first-order valence-corrected chi connectivity index (χ1v) is 6.64. The van der Waals surface area contributed by atoms with Gasteiger partial charge >= 0.3 is 0 Å². The van der Waals surface area contributed by atoms with Crippen LogP contribution in [-0.4, -0.2) is 12.6 Å². The van der Waals surface area contributed by atoms with Gasteiger partial charge < -0.3 is 10.1 Å². The molecule has 0 fully saturated rings. The molecule has 0 saturated carbocycles. The summed E-state index contributed by atoms with van der Waals surface area (Å²) in [6.07, 6.45) is 8.30. The molecule has 1 aromatic carbocycles. The van der Waals surface area contributed by atoms with Crippen molar-refractivity contribution in [1.82, 2.24) is 5.32 Å². The largest absolute Gasteiger partial charge is 0.494 e. The van der Waals surface area contributed by atoms with Gasteiger partial charge in [0.05, 0.1) is 6.61 Å². The average molecular weight is 245 g/mol. The Kier molecular flexibility index (Phi) is 6.98. The summed E-state index contributed by atoms with van der Waals surface area (Å²) in [5, 5.41) is 3.39. The van der Waals surface area contributed by atoms with Gasteiger partial charge in [0, 0.05) is 19.0 Å². The molecule has 1 aromatic rings. The van der Waals surface area contributed by atoms with Gasteiger partial charge in [0.15, 0.2) is 0 Å². The lowest BCUT2D eigenvalue weighted by molar-refractivity contribution is 0.309. The summed E-state index contributed by atoms with van der Waals surface area (Å²) in [7, 11) is 0. The molecule has 1 N–H and O–H groups in total. The van der Waals surface area contributed by atoms with E-state index in [0.717, 1.165) is 38.2 Å². The van der Waals surface area contributed by atoms with E-state index in [-0.39, 0.29) is 0 Å². The SMILES string of the molecule is C#CCC(C)NCc1ccc(OCCCC)cc1. The van der Waals surface area contributed by atoms with Gasteiger partial charge in [-0.05, 0) is 31.0 Å². The Bertz CT molecular complexity index is 364. The first-order chi connectivity index (χ1) is 8.76. The van der Waals surface area contributed by atoms with Crippen molar-refractivity contribution in [2.24, 2.45) is 0 Å². The molecular weight excluding hydrogens is 222 g/mol. The van der Waals surface area contributed by atoms with Crippen LogP contribution in [0, 0.1) is 12.3 Å². The lowest BCUT2D eigenvalue weighted by Crippen LogP contribution is -2.24. The van der Waals surface area contributed by atoms with Gasteiger partial charge in [0.25, 0.3) is 0 Å². The van der Waals surface area contributed by atoms with E-state index in [4.69, 9.17) is 11.2 Å². The number of hydrogen-bond acceptors (Lipinski definition) is 2. The van der Waals surface area contributed by atoms with E-state index < -0.39 is 0 Å². The first-order valence-electron chi connectivity index (χ1n) is 6.64. The summed E-state index contributed by atoms with van der Waals surface area (Å²) >= 11 is 0. The molecule has 0 aliphatic rings.